The Bertz CT molecular complexity index is 608. The molecule has 23 heavy (non-hydrogen) atoms. The lowest BCUT2D eigenvalue weighted by molar-refractivity contribution is 0.0577. The summed E-state index contributed by atoms with van der Waals surface area (Å²) >= 11 is 0. The highest BCUT2D eigenvalue weighted by molar-refractivity contribution is 7.89. The van der Waals surface area contributed by atoms with Gasteiger partial charge in [0.05, 0.1) is 11.5 Å². The fourth-order valence-electron chi connectivity index (χ4n) is 2.85. The zero-order chi connectivity index (χ0) is 16.2. The Hall–Kier alpha value is -0.660. The first-order valence-corrected chi connectivity index (χ1v) is 9.13. The highest BCUT2D eigenvalue weighted by atomic mass is 35.5. The number of hydrogen-bond acceptors (Lipinski definition) is 4. The van der Waals surface area contributed by atoms with Crippen LogP contribution in [0.3, 0.4) is 0 Å². The molecule has 132 valence electrons. The normalized spacial score (nSPS) is 17.5. The molecule has 1 aliphatic heterocycles. The average molecular weight is 363 g/mol. The van der Waals surface area contributed by atoms with Crippen LogP contribution in [0, 0.1) is 19.3 Å². The van der Waals surface area contributed by atoms with Gasteiger partial charge in [-0.2, -0.15) is 0 Å². The molecule has 0 aliphatic carbocycles. The quantitative estimate of drug-likeness (QED) is 0.812. The minimum Gasteiger partial charge on any atom is -0.384 e. The van der Waals surface area contributed by atoms with Crippen LogP contribution in [0.25, 0.3) is 0 Å². The van der Waals surface area contributed by atoms with E-state index in [1.165, 1.54) is 0 Å². The van der Waals surface area contributed by atoms with Crippen molar-refractivity contribution in [3.8, 4) is 0 Å². The van der Waals surface area contributed by atoms with E-state index < -0.39 is 10.0 Å². The van der Waals surface area contributed by atoms with Crippen LogP contribution in [0.2, 0.25) is 0 Å². The number of ether oxygens (including phenoxy) is 1. The van der Waals surface area contributed by atoms with Crippen molar-refractivity contribution in [2.24, 2.45) is 5.41 Å². The summed E-state index contributed by atoms with van der Waals surface area (Å²) in [4.78, 5) is 0.331. The second-order valence-electron chi connectivity index (χ2n) is 6.25. The van der Waals surface area contributed by atoms with Gasteiger partial charge < -0.3 is 10.1 Å². The van der Waals surface area contributed by atoms with Crippen LogP contribution < -0.4 is 10.0 Å². The van der Waals surface area contributed by atoms with Crippen molar-refractivity contribution in [2.75, 3.05) is 33.4 Å². The number of nitrogens with one attached hydrogen (secondary N) is 2. The van der Waals surface area contributed by atoms with Gasteiger partial charge >= 0.3 is 0 Å². The highest BCUT2D eigenvalue weighted by Crippen LogP contribution is 2.29. The number of rotatable bonds is 6. The van der Waals surface area contributed by atoms with Crippen LogP contribution in [-0.4, -0.2) is 41.8 Å². The van der Waals surface area contributed by atoms with Crippen molar-refractivity contribution in [2.45, 2.75) is 31.6 Å². The Balaban J connectivity index is 0.00000264. The first-order valence-electron chi connectivity index (χ1n) is 7.65. The average Bonchev–Trinajstić information content (AvgIpc) is 2.49. The molecule has 7 heteroatoms. The van der Waals surface area contributed by atoms with Gasteiger partial charge in [0.2, 0.25) is 10.0 Å². The van der Waals surface area contributed by atoms with Crippen LogP contribution in [0.1, 0.15) is 24.0 Å². The Kier molecular flexibility index (Phi) is 7.48. The summed E-state index contributed by atoms with van der Waals surface area (Å²) in [5.41, 5.74) is 1.96. The molecule has 0 saturated carbocycles. The summed E-state index contributed by atoms with van der Waals surface area (Å²) in [6.45, 7) is 6.68. The molecule has 5 nitrogen and oxygen atoms in total. The van der Waals surface area contributed by atoms with Crippen LogP contribution in [0.4, 0.5) is 0 Å². The van der Waals surface area contributed by atoms with Crippen molar-refractivity contribution in [1.82, 2.24) is 10.0 Å². The lowest BCUT2D eigenvalue weighted by atomic mass is 9.80. The van der Waals surface area contributed by atoms with Crippen LogP contribution in [0.5, 0.6) is 0 Å². The molecule has 0 aromatic heterocycles. The molecule has 1 heterocycles. The summed E-state index contributed by atoms with van der Waals surface area (Å²) in [6, 6.07) is 5.23. The molecule has 2 N–H and O–H groups in total. The summed E-state index contributed by atoms with van der Waals surface area (Å²) in [5, 5.41) is 3.31. The predicted octanol–water partition coefficient (Wildman–Crippen LogP) is 2.02. The van der Waals surface area contributed by atoms with E-state index in [-0.39, 0.29) is 17.8 Å². The smallest absolute Gasteiger partial charge is 0.240 e. The van der Waals surface area contributed by atoms with E-state index in [2.05, 4.69) is 10.0 Å². The lowest BCUT2D eigenvalue weighted by Crippen LogP contribution is -2.47. The molecule has 0 amide bonds. The Morgan fingerprint density at radius 2 is 1.87 bits per heavy atom. The molecule has 0 unspecified atom stereocenters. The molecule has 1 saturated heterocycles. The van der Waals surface area contributed by atoms with Crippen LogP contribution in [-0.2, 0) is 14.8 Å². The SMILES string of the molecule is COCC1(CNS(=O)(=O)c2ccc(C)c(C)c2)CCNCC1.Cl. The molecule has 0 spiro atoms. The number of hydrogen-bond donors (Lipinski definition) is 2. The van der Waals surface area contributed by atoms with Gasteiger partial charge in [-0.15, -0.1) is 12.4 Å². The minimum atomic E-state index is -3.48. The molecule has 1 aliphatic rings. The van der Waals surface area contributed by atoms with Gasteiger partial charge in [0, 0.05) is 19.1 Å². The summed E-state index contributed by atoms with van der Waals surface area (Å²) in [5.74, 6) is 0. The third-order valence-electron chi connectivity index (χ3n) is 4.54. The molecule has 2 rings (SSSR count). The molecule has 0 radical (unpaired) electrons. The maximum Gasteiger partial charge on any atom is 0.240 e. The molecular formula is C16H27ClN2O3S. The van der Waals surface area contributed by atoms with Gasteiger partial charge in [0.15, 0.2) is 0 Å². The molecule has 1 aromatic rings. The van der Waals surface area contributed by atoms with E-state index in [0.717, 1.165) is 37.1 Å². The van der Waals surface area contributed by atoms with Crippen molar-refractivity contribution in [3.63, 3.8) is 0 Å². The lowest BCUT2D eigenvalue weighted by Gasteiger charge is -2.37. The summed E-state index contributed by atoms with van der Waals surface area (Å²) < 4.78 is 33.1. The molecule has 1 aromatic carbocycles. The highest BCUT2D eigenvalue weighted by Gasteiger charge is 2.33. The van der Waals surface area contributed by atoms with Gasteiger partial charge in [-0.25, -0.2) is 13.1 Å². The van der Waals surface area contributed by atoms with E-state index in [9.17, 15) is 8.42 Å². The Morgan fingerprint density at radius 3 is 2.43 bits per heavy atom. The van der Waals surface area contributed by atoms with E-state index in [4.69, 9.17) is 4.74 Å². The minimum absolute atomic E-state index is 0. The first kappa shape index (κ1) is 20.4. The molecular weight excluding hydrogens is 336 g/mol. The predicted molar refractivity (Wildman–Crippen MR) is 94.8 cm³/mol. The number of halogens is 1. The zero-order valence-corrected chi connectivity index (χ0v) is 15.6. The van der Waals surface area contributed by atoms with Crippen molar-refractivity contribution >= 4 is 22.4 Å². The third-order valence-corrected chi connectivity index (χ3v) is 5.94. The van der Waals surface area contributed by atoms with E-state index in [0.29, 0.717) is 18.0 Å². The van der Waals surface area contributed by atoms with E-state index in [1.807, 2.05) is 19.9 Å². The Morgan fingerprint density at radius 1 is 1.22 bits per heavy atom. The summed E-state index contributed by atoms with van der Waals surface area (Å²) in [6.07, 6.45) is 1.83. The number of piperidine rings is 1. The summed E-state index contributed by atoms with van der Waals surface area (Å²) in [7, 11) is -1.81. The second kappa shape index (κ2) is 8.44. The van der Waals surface area contributed by atoms with Gasteiger partial charge in [-0.1, -0.05) is 6.07 Å². The van der Waals surface area contributed by atoms with Crippen molar-refractivity contribution < 1.29 is 13.2 Å². The first-order chi connectivity index (χ1) is 10.4. The van der Waals surface area contributed by atoms with E-state index in [1.54, 1.807) is 19.2 Å². The van der Waals surface area contributed by atoms with Crippen molar-refractivity contribution in [3.05, 3.63) is 29.3 Å². The fraction of sp³-hybridized carbons (Fsp3) is 0.625. The van der Waals surface area contributed by atoms with E-state index >= 15 is 0 Å². The standard InChI is InChI=1S/C16H26N2O3S.ClH/c1-13-4-5-15(10-14(13)2)22(19,20)18-11-16(12-21-3)6-8-17-9-7-16;/h4-5,10,17-18H,6-9,11-12H2,1-3H3;1H. The largest absolute Gasteiger partial charge is 0.384 e. The van der Waals surface area contributed by atoms with Gasteiger partial charge in [-0.3, -0.25) is 0 Å². The molecule has 1 fully saturated rings. The van der Waals surface area contributed by atoms with Gasteiger partial charge in [0.25, 0.3) is 0 Å². The molecule has 0 bridgehead atoms. The Labute approximate surface area is 145 Å². The molecule has 0 atom stereocenters. The third kappa shape index (κ3) is 5.16. The topological polar surface area (TPSA) is 67.4 Å². The van der Waals surface area contributed by atoms with Crippen LogP contribution >= 0.6 is 12.4 Å². The van der Waals surface area contributed by atoms with Gasteiger partial charge in [-0.05, 0) is 63.0 Å². The zero-order valence-electron chi connectivity index (χ0n) is 14.0. The number of sulfonamides is 1. The van der Waals surface area contributed by atoms with Gasteiger partial charge in [0.1, 0.15) is 0 Å². The second-order valence-corrected chi connectivity index (χ2v) is 8.02. The van der Waals surface area contributed by atoms with Crippen LogP contribution in [0.15, 0.2) is 23.1 Å². The number of benzene rings is 1. The monoisotopic (exact) mass is 362 g/mol. The number of methoxy groups -OCH3 is 1. The maximum atomic E-state index is 12.5. The number of aryl methyl sites for hydroxylation is 2. The maximum absolute atomic E-state index is 12.5. The fourth-order valence-corrected chi connectivity index (χ4v) is 4.09. The van der Waals surface area contributed by atoms with Crippen molar-refractivity contribution in [1.29, 1.82) is 0 Å².